The van der Waals surface area contributed by atoms with Crippen LogP contribution in [0.2, 0.25) is 5.02 Å². The summed E-state index contributed by atoms with van der Waals surface area (Å²) in [5.74, 6) is -0.290. The number of anilines is 1. The second-order valence-corrected chi connectivity index (χ2v) is 7.30. The van der Waals surface area contributed by atoms with Crippen LogP contribution in [0.4, 0.5) is 5.69 Å². The SMILES string of the molecule is O=C(Nc1cccc(-c2ncnc3ccccc23)c1)c1ccc(-n2cccn2)cc1Cl. The summed E-state index contributed by atoms with van der Waals surface area (Å²) in [6.45, 7) is 0. The molecule has 0 bridgehead atoms. The van der Waals surface area contributed by atoms with Gasteiger partial charge in [-0.15, -0.1) is 0 Å². The molecule has 1 amide bonds. The quantitative estimate of drug-likeness (QED) is 0.419. The second-order valence-electron chi connectivity index (χ2n) is 6.89. The summed E-state index contributed by atoms with van der Waals surface area (Å²) in [4.78, 5) is 21.6. The molecule has 1 N–H and O–H groups in total. The third-order valence-corrected chi connectivity index (χ3v) is 5.22. The third-order valence-electron chi connectivity index (χ3n) is 4.90. The van der Waals surface area contributed by atoms with Crippen molar-refractivity contribution in [3.05, 3.63) is 102 Å². The average Bonchev–Trinajstić information content (AvgIpc) is 3.34. The lowest BCUT2D eigenvalue weighted by molar-refractivity contribution is 0.102. The van der Waals surface area contributed by atoms with E-state index in [4.69, 9.17) is 11.6 Å². The van der Waals surface area contributed by atoms with Crippen LogP contribution in [0.15, 0.2) is 91.5 Å². The Morgan fingerprint density at radius 2 is 1.84 bits per heavy atom. The van der Waals surface area contributed by atoms with E-state index >= 15 is 0 Å². The Labute approximate surface area is 183 Å². The van der Waals surface area contributed by atoms with Gasteiger partial charge in [0.15, 0.2) is 0 Å². The molecule has 31 heavy (non-hydrogen) atoms. The van der Waals surface area contributed by atoms with Crippen LogP contribution in [0.5, 0.6) is 0 Å². The molecule has 150 valence electrons. The zero-order valence-corrected chi connectivity index (χ0v) is 17.0. The van der Waals surface area contributed by atoms with Gasteiger partial charge in [-0.2, -0.15) is 5.10 Å². The lowest BCUT2D eigenvalue weighted by Gasteiger charge is -2.10. The van der Waals surface area contributed by atoms with Gasteiger partial charge >= 0.3 is 0 Å². The Balaban J connectivity index is 1.43. The van der Waals surface area contributed by atoms with Gasteiger partial charge in [0, 0.05) is 29.0 Å². The Hall–Kier alpha value is -4.03. The van der Waals surface area contributed by atoms with Crippen LogP contribution in [0.3, 0.4) is 0 Å². The van der Waals surface area contributed by atoms with Crippen LogP contribution in [0, 0.1) is 0 Å². The van der Waals surface area contributed by atoms with Gasteiger partial charge in [-0.1, -0.05) is 41.9 Å². The fourth-order valence-electron chi connectivity index (χ4n) is 3.43. The molecule has 0 radical (unpaired) electrons. The zero-order chi connectivity index (χ0) is 21.2. The maximum atomic E-state index is 12.8. The maximum Gasteiger partial charge on any atom is 0.257 e. The van der Waals surface area contributed by atoms with Gasteiger partial charge in [0.1, 0.15) is 6.33 Å². The van der Waals surface area contributed by atoms with Crippen molar-refractivity contribution in [2.45, 2.75) is 0 Å². The average molecular weight is 426 g/mol. The first-order chi connectivity index (χ1) is 15.2. The highest BCUT2D eigenvalue weighted by Gasteiger charge is 2.13. The van der Waals surface area contributed by atoms with Gasteiger partial charge in [0.2, 0.25) is 0 Å². The number of rotatable bonds is 4. The predicted molar refractivity (Wildman–Crippen MR) is 122 cm³/mol. The monoisotopic (exact) mass is 425 g/mol. The van der Waals surface area contributed by atoms with Crippen molar-refractivity contribution < 1.29 is 4.79 Å². The van der Waals surface area contributed by atoms with Crippen molar-refractivity contribution in [2.75, 3.05) is 5.32 Å². The molecule has 5 rings (SSSR count). The molecule has 0 saturated heterocycles. The molecule has 0 unspecified atom stereocenters. The van der Waals surface area contributed by atoms with Crippen molar-refractivity contribution in [3.63, 3.8) is 0 Å². The minimum atomic E-state index is -0.290. The van der Waals surface area contributed by atoms with Crippen molar-refractivity contribution in [1.29, 1.82) is 0 Å². The first kappa shape index (κ1) is 19.0. The number of benzene rings is 3. The number of halogens is 1. The topological polar surface area (TPSA) is 72.7 Å². The minimum Gasteiger partial charge on any atom is -0.322 e. The molecule has 3 aromatic carbocycles. The number of carbonyl (C=O) groups excluding carboxylic acids is 1. The molecule has 0 atom stereocenters. The van der Waals surface area contributed by atoms with Crippen LogP contribution in [-0.4, -0.2) is 25.7 Å². The Morgan fingerprint density at radius 3 is 2.68 bits per heavy atom. The van der Waals surface area contributed by atoms with Gasteiger partial charge in [0.25, 0.3) is 5.91 Å². The highest BCUT2D eigenvalue weighted by Crippen LogP contribution is 2.28. The molecule has 0 aliphatic heterocycles. The van der Waals surface area contributed by atoms with E-state index in [1.54, 1.807) is 35.4 Å². The van der Waals surface area contributed by atoms with Crippen molar-refractivity contribution in [1.82, 2.24) is 19.7 Å². The Morgan fingerprint density at radius 1 is 0.935 bits per heavy atom. The van der Waals surface area contributed by atoms with Gasteiger partial charge in [-0.25, -0.2) is 14.6 Å². The number of fused-ring (bicyclic) bond motifs is 1. The van der Waals surface area contributed by atoms with E-state index in [0.29, 0.717) is 16.3 Å². The number of amides is 1. The Kier molecular flexibility index (Phi) is 4.90. The number of hydrogen-bond acceptors (Lipinski definition) is 4. The third kappa shape index (κ3) is 3.76. The van der Waals surface area contributed by atoms with Gasteiger partial charge in [0.05, 0.1) is 27.5 Å². The molecule has 0 aliphatic rings. The standard InChI is InChI=1S/C24H16ClN5O/c25-21-14-18(30-12-4-11-28-30)9-10-19(21)24(31)29-17-6-3-5-16(13-17)23-20-7-1-2-8-22(20)26-15-27-23/h1-15H,(H,29,31). The van der Waals surface area contributed by atoms with Gasteiger partial charge in [-0.05, 0) is 42.5 Å². The lowest BCUT2D eigenvalue weighted by atomic mass is 10.1. The van der Waals surface area contributed by atoms with Crippen LogP contribution >= 0.6 is 11.6 Å². The minimum absolute atomic E-state index is 0.290. The van der Waals surface area contributed by atoms with E-state index in [-0.39, 0.29) is 5.91 Å². The Bertz CT molecular complexity index is 1390. The summed E-state index contributed by atoms with van der Waals surface area (Å²) in [7, 11) is 0. The molecule has 0 saturated carbocycles. The molecule has 2 aromatic heterocycles. The van der Waals surface area contributed by atoms with E-state index in [0.717, 1.165) is 27.8 Å². The summed E-state index contributed by atoms with van der Waals surface area (Å²) >= 11 is 6.38. The smallest absolute Gasteiger partial charge is 0.257 e. The summed E-state index contributed by atoms with van der Waals surface area (Å²) in [5, 5.41) is 8.40. The van der Waals surface area contributed by atoms with E-state index in [1.807, 2.05) is 60.8 Å². The lowest BCUT2D eigenvalue weighted by Crippen LogP contribution is -2.13. The molecule has 6 nitrogen and oxygen atoms in total. The van der Waals surface area contributed by atoms with Crippen molar-refractivity contribution in [2.24, 2.45) is 0 Å². The molecule has 5 aromatic rings. The first-order valence-electron chi connectivity index (χ1n) is 9.60. The van der Waals surface area contributed by atoms with Crippen molar-refractivity contribution >= 4 is 34.1 Å². The number of para-hydroxylation sites is 1. The van der Waals surface area contributed by atoms with E-state index in [2.05, 4.69) is 20.4 Å². The molecular formula is C24H16ClN5O. The van der Waals surface area contributed by atoms with Gasteiger partial charge in [-0.3, -0.25) is 4.79 Å². The van der Waals surface area contributed by atoms with Crippen LogP contribution in [0.25, 0.3) is 27.8 Å². The summed E-state index contributed by atoms with van der Waals surface area (Å²) in [5.41, 5.74) is 4.38. The van der Waals surface area contributed by atoms with E-state index < -0.39 is 0 Å². The fourth-order valence-corrected chi connectivity index (χ4v) is 3.69. The molecule has 0 spiro atoms. The van der Waals surface area contributed by atoms with Crippen LogP contribution in [0.1, 0.15) is 10.4 Å². The number of aromatic nitrogens is 4. The summed E-state index contributed by atoms with van der Waals surface area (Å²) in [6, 6.07) is 22.4. The predicted octanol–water partition coefficient (Wildman–Crippen LogP) is 5.39. The first-order valence-corrected chi connectivity index (χ1v) is 9.98. The second kappa shape index (κ2) is 8.01. The van der Waals surface area contributed by atoms with Crippen LogP contribution in [-0.2, 0) is 0 Å². The molecule has 2 heterocycles. The fraction of sp³-hybridized carbons (Fsp3) is 0. The molecule has 7 heteroatoms. The highest BCUT2D eigenvalue weighted by atomic mass is 35.5. The summed E-state index contributed by atoms with van der Waals surface area (Å²) in [6.07, 6.45) is 5.04. The maximum absolute atomic E-state index is 12.8. The number of hydrogen-bond donors (Lipinski definition) is 1. The van der Waals surface area contributed by atoms with Crippen LogP contribution < -0.4 is 5.32 Å². The van der Waals surface area contributed by atoms with E-state index in [1.165, 1.54) is 0 Å². The number of carbonyl (C=O) groups is 1. The largest absolute Gasteiger partial charge is 0.322 e. The molecule has 0 fully saturated rings. The number of nitrogens with one attached hydrogen (secondary N) is 1. The van der Waals surface area contributed by atoms with Gasteiger partial charge < -0.3 is 5.32 Å². The normalized spacial score (nSPS) is 10.9. The van der Waals surface area contributed by atoms with E-state index in [9.17, 15) is 4.79 Å². The zero-order valence-electron chi connectivity index (χ0n) is 16.2. The summed E-state index contributed by atoms with van der Waals surface area (Å²) < 4.78 is 1.68. The van der Waals surface area contributed by atoms with Crippen molar-refractivity contribution in [3.8, 4) is 16.9 Å². The molecular weight excluding hydrogens is 410 g/mol. The molecule has 0 aliphatic carbocycles. The number of nitrogens with zero attached hydrogens (tertiary/aromatic N) is 4. The highest BCUT2D eigenvalue weighted by molar-refractivity contribution is 6.34.